The van der Waals surface area contributed by atoms with Gasteiger partial charge in [-0.25, -0.2) is 0 Å². The average molecular weight is 1400 g/mol. The van der Waals surface area contributed by atoms with E-state index in [9.17, 15) is 56.8 Å². The van der Waals surface area contributed by atoms with Crippen molar-refractivity contribution in [2.75, 3.05) is 0 Å². The maximum absolute atomic E-state index is 12.1. The summed E-state index contributed by atoms with van der Waals surface area (Å²) >= 11 is 0. The van der Waals surface area contributed by atoms with Crippen LogP contribution in [0.25, 0.3) is 0 Å². The fraction of sp³-hybridized carbons (Fsp3) is 0. The van der Waals surface area contributed by atoms with Gasteiger partial charge in [0.1, 0.15) is 0 Å². The Hall–Kier alpha value is -7.53. The van der Waals surface area contributed by atoms with Gasteiger partial charge in [0.25, 0.3) is 0 Å². The number of benzene rings is 12. The van der Waals surface area contributed by atoms with Gasteiger partial charge in [-0.2, -0.15) is 0 Å². The van der Waals surface area contributed by atoms with Crippen LogP contribution in [0.4, 0.5) is 0 Å². The Morgan fingerprint density at radius 1 is 0.132 bits per heavy atom. The van der Waals surface area contributed by atoms with E-state index in [1.165, 1.54) is 0 Å². The van der Waals surface area contributed by atoms with E-state index >= 15 is 0 Å². The van der Waals surface area contributed by atoms with Crippen LogP contribution in [-0.4, -0.2) is 0 Å². The molecule has 0 aromatic heterocycles. The Morgan fingerprint density at radius 3 is 0.242 bits per heavy atom. The Bertz CT molecular complexity index is 3360. The van der Waals surface area contributed by atoms with Crippen molar-refractivity contribution in [2.45, 2.75) is 0 Å². The minimum Gasteiger partial charge on any atom is -0.793 e. The van der Waals surface area contributed by atoms with Gasteiger partial charge < -0.3 is 56.8 Å². The molecule has 0 radical (unpaired) electrons. The second kappa shape index (κ2) is 35.3. The molecule has 12 nitrogen and oxygen atoms in total. The molecule has 0 aliphatic heterocycles. The van der Waals surface area contributed by atoms with Crippen LogP contribution in [0.2, 0.25) is 0 Å². The first-order chi connectivity index (χ1) is 43.3. The van der Waals surface area contributed by atoms with E-state index in [4.69, 9.17) is 0 Å². The molecular weight excluding hydrogens is 1340 g/mol. The average Bonchev–Trinajstić information content (AvgIpc) is 2.24. The molecule has 12 aromatic carbocycles. The fourth-order valence-corrected chi connectivity index (χ4v) is 16.9. The second-order valence-electron chi connectivity index (χ2n) is 19.3. The summed E-state index contributed by atoms with van der Waals surface area (Å²) in [6, 6.07) is 102. The van der Waals surface area contributed by atoms with E-state index in [0.717, 1.165) is 0 Å². The normalized spacial score (nSPS) is 11.1. The fourth-order valence-electron chi connectivity index (χ4n) is 8.39. The molecule has 0 saturated heterocycles. The first-order valence-electron chi connectivity index (χ1n) is 27.8. The molecular formula is C72H60MoO12P6-6. The van der Waals surface area contributed by atoms with Crippen LogP contribution < -0.4 is 93.0 Å². The van der Waals surface area contributed by atoms with E-state index in [0.29, 0.717) is 63.7 Å². The van der Waals surface area contributed by atoms with E-state index in [1.807, 2.05) is 0 Å². The molecule has 0 amide bonds. The van der Waals surface area contributed by atoms with Crippen LogP contribution in [0.1, 0.15) is 0 Å². The Balaban J connectivity index is 0.000000173. The van der Waals surface area contributed by atoms with Gasteiger partial charge in [0.2, 0.25) is 0 Å². The van der Waals surface area contributed by atoms with Gasteiger partial charge in [-0.15, -0.1) is 0 Å². The summed E-state index contributed by atoms with van der Waals surface area (Å²) in [5, 5.41) is 4.29. The van der Waals surface area contributed by atoms with Crippen molar-refractivity contribution in [2.24, 2.45) is 0 Å². The second-order valence-corrected chi connectivity index (χ2v) is 32.2. The minimum atomic E-state index is -3.65. The van der Waals surface area contributed by atoms with Crippen molar-refractivity contribution in [1.82, 2.24) is 0 Å². The molecule has 0 fully saturated rings. The van der Waals surface area contributed by atoms with Crippen molar-refractivity contribution in [3.05, 3.63) is 364 Å². The standard InChI is InChI=1S/6C12H11O2P.Mo/c6*13-15(14,11-7-3-1-4-8-11)12-9-5-2-6-10-12;/h6*1-10H,(H,13,14);/p-6. The summed E-state index contributed by atoms with van der Waals surface area (Å²) in [7, 11) is -21.9. The molecule has 0 heterocycles. The molecule has 12 aromatic rings. The predicted octanol–water partition coefficient (Wildman–Crippen LogP) is 7.65. The molecule has 0 saturated carbocycles. The number of hydrogen-bond donors (Lipinski definition) is 0. The molecule has 12 rings (SSSR count). The quantitative estimate of drug-likeness (QED) is 0.0846. The Labute approximate surface area is 545 Å². The van der Waals surface area contributed by atoms with Gasteiger partial charge in [-0.05, 0) is 0 Å². The summed E-state index contributed by atoms with van der Waals surface area (Å²) in [5.41, 5.74) is 0. The molecule has 0 aliphatic carbocycles. The van der Waals surface area contributed by atoms with Gasteiger partial charge in [0.15, 0.2) is 0 Å². The molecule has 0 aliphatic rings. The summed E-state index contributed by atoms with van der Waals surface area (Å²) < 4.78 is 72.4. The monoisotopic (exact) mass is 1400 g/mol. The van der Waals surface area contributed by atoms with Gasteiger partial charge in [0.05, 0.1) is 44.2 Å². The van der Waals surface area contributed by atoms with E-state index in [1.54, 1.807) is 364 Å². The van der Waals surface area contributed by atoms with Crippen molar-refractivity contribution in [3.8, 4) is 0 Å². The van der Waals surface area contributed by atoms with E-state index in [2.05, 4.69) is 0 Å². The summed E-state index contributed by atoms with van der Waals surface area (Å²) in [5.74, 6) is 0. The maximum atomic E-state index is 12.1. The molecule has 0 atom stereocenters. The molecule has 0 N–H and O–H groups in total. The predicted molar refractivity (Wildman–Crippen MR) is 359 cm³/mol. The van der Waals surface area contributed by atoms with Crippen LogP contribution in [0.3, 0.4) is 0 Å². The third kappa shape index (κ3) is 20.7. The number of rotatable bonds is 12. The molecule has 462 valence electrons. The van der Waals surface area contributed by atoms with Crippen LogP contribution >= 0.6 is 44.2 Å². The van der Waals surface area contributed by atoms with Gasteiger partial charge in [-0.3, -0.25) is 0 Å². The minimum absolute atomic E-state index is 0. The SMILES string of the molecule is O=P([O-])(c1ccccc1)c1ccccc1.O=P([O-])(c1ccccc1)c1ccccc1.O=P([O-])(c1ccccc1)c1ccccc1.O=P([O-])(c1ccccc1)c1ccccc1.O=P([O-])(c1ccccc1)c1ccccc1.O=P([O-])(c1ccccc1)c1ccccc1.[Mo]. The zero-order chi connectivity index (χ0) is 64.4. The Kier molecular flexibility index (Phi) is 28.2. The summed E-state index contributed by atoms with van der Waals surface area (Å²) in [4.78, 5) is 72.4. The van der Waals surface area contributed by atoms with Crippen LogP contribution in [0, 0.1) is 0 Å². The van der Waals surface area contributed by atoms with E-state index in [-0.39, 0.29) is 21.1 Å². The summed E-state index contributed by atoms with van der Waals surface area (Å²) in [6.45, 7) is 0. The van der Waals surface area contributed by atoms with Crippen LogP contribution in [0.5, 0.6) is 0 Å². The van der Waals surface area contributed by atoms with Crippen LogP contribution in [-0.2, 0) is 48.5 Å². The molecule has 0 bridgehead atoms. The van der Waals surface area contributed by atoms with Crippen molar-refractivity contribution in [1.29, 1.82) is 0 Å². The van der Waals surface area contributed by atoms with Gasteiger partial charge in [0, 0.05) is 84.7 Å². The molecule has 19 heteroatoms. The smallest absolute Gasteiger partial charge is 0.0720 e. The van der Waals surface area contributed by atoms with Crippen molar-refractivity contribution < 1.29 is 77.8 Å². The van der Waals surface area contributed by atoms with Crippen LogP contribution in [0.15, 0.2) is 364 Å². The molecule has 91 heavy (non-hydrogen) atoms. The zero-order valence-electron chi connectivity index (χ0n) is 48.6. The van der Waals surface area contributed by atoms with Gasteiger partial charge >= 0.3 is 0 Å². The van der Waals surface area contributed by atoms with Gasteiger partial charge in [-0.1, -0.05) is 364 Å². The first-order valence-corrected chi connectivity index (χ1v) is 37.6. The van der Waals surface area contributed by atoms with E-state index < -0.39 is 44.2 Å². The van der Waals surface area contributed by atoms with Crippen molar-refractivity contribution in [3.63, 3.8) is 0 Å². The molecule has 0 spiro atoms. The topological polar surface area (TPSA) is 241 Å². The molecule has 0 unspecified atom stereocenters. The van der Waals surface area contributed by atoms with Crippen molar-refractivity contribution >= 4 is 108 Å². The Morgan fingerprint density at radius 2 is 0.187 bits per heavy atom. The number of hydrogen-bond acceptors (Lipinski definition) is 12. The largest absolute Gasteiger partial charge is 0.793 e. The third-order valence-corrected chi connectivity index (χ3v) is 24.9. The zero-order valence-corrected chi connectivity index (χ0v) is 56.0. The third-order valence-electron chi connectivity index (χ3n) is 13.2. The first kappa shape index (κ1) is 72.5. The maximum Gasteiger partial charge on any atom is 0.0720 e. The summed E-state index contributed by atoms with van der Waals surface area (Å²) in [6.07, 6.45) is 0.